The lowest BCUT2D eigenvalue weighted by Crippen LogP contribution is -2.28. The number of rotatable bonds is 2. The van der Waals surface area contributed by atoms with Crippen LogP contribution in [0.5, 0.6) is 0 Å². The zero-order chi connectivity index (χ0) is 14.0. The molecule has 106 valence electrons. The second-order valence-electron chi connectivity index (χ2n) is 6.98. The summed E-state index contributed by atoms with van der Waals surface area (Å²) in [5.74, 6) is 0.754. The van der Waals surface area contributed by atoms with E-state index in [4.69, 9.17) is 0 Å². The van der Waals surface area contributed by atoms with E-state index >= 15 is 0 Å². The number of benzene rings is 1. The number of aliphatic hydroxyl groups is 1. The van der Waals surface area contributed by atoms with Crippen LogP contribution in [0.15, 0.2) is 24.3 Å². The SMILES string of the molecule is CC(C)(C)C1CCC(C(O)c2cccc(F)c2)CC1. The molecule has 0 radical (unpaired) electrons. The molecule has 1 aromatic carbocycles. The third-order valence-corrected chi connectivity index (χ3v) is 4.63. The maximum atomic E-state index is 13.2. The van der Waals surface area contributed by atoms with Crippen LogP contribution in [-0.4, -0.2) is 5.11 Å². The van der Waals surface area contributed by atoms with Crippen molar-refractivity contribution in [1.82, 2.24) is 0 Å². The van der Waals surface area contributed by atoms with Crippen molar-refractivity contribution in [2.24, 2.45) is 17.3 Å². The molecule has 0 aliphatic heterocycles. The molecule has 0 spiro atoms. The first-order valence-electron chi connectivity index (χ1n) is 7.31. The molecule has 2 rings (SSSR count). The number of halogens is 1. The Hall–Kier alpha value is -0.890. The first-order chi connectivity index (χ1) is 8.88. The molecule has 1 aromatic rings. The molecule has 1 nitrogen and oxygen atoms in total. The van der Waals surface area contributed by atoms with E-state index in [0.29, 0.717) is 5.41 Å². The molecular weight excluding hydrogens is 239 g/mol. The molecule has 0 aromatic heterocycles. The van der Waals surface area contributed by atoms with Crippen molar-refractivity contribution in [1.29, 1.82) is 0 Å². The fourth-order valence-corrected chi connectivity index (χ4v) is 3.26. The van der Waals surface area contributed by atoms with Crippen LogP contribution in [0.25, 0.3) is 0 Å². The van der Waals surface area contributed by atoms with E-state index in [9.17, 15) is 9.50 Å². The Morgan fingerprint density at radius 3 is 2.32 bits per heavy atom. The normalized spacial score (nSPS) is 26.2. The van der Waals surface area contributed by atoms with Gasteiger partial charge in [0, 0.05) is 0 Å². The second kappa shape index (κ2) is 5.62. The summed E-state index contributed by atoms with van der Waals surface area (Å²) in [4.78, 5) is 0. The van der Waals surface area contributed by atoms with Gasteiger partial charge in [0.2, 0.25) is 0 Å². The lowest BCUT2D eigenvalue weighted by molar-refractivity contribution is 0.0526. The zero-order valence-corrected chi connectivity index (χ0v) is 12.2. The average Bonchev–Trinajstić information content (AvgIpc) is 2.37. The first-order valence-corrected chi connectivity index (χ1v) is 7.31. The van der Waals surface area contributed by atoms with Crippen molar-refractivity contribution in [3.63, 3.8) is 0 Å². The standard InChI is InChI=1S/C17H25FO/c1-17(2,3)14-9-7-12(8-10-14)16(19)13-5-4-6-15(18)11-13/h4-6,11-12,14,16,19H,7-10H2,1-3H3. The van der Waals surface area contributed by atoms with Gasteiger partial charge >= 0.3 is 0 Å². The molecule has 1 atom stereocenters. The maximum Gasteiger partial charge on any atom is 0.123 e. The van der Waals surface area contributed by atoms with Gasteiger partial charge in [-0.05, 0) is 60.6 Å². The van der Waals surface area contributed by atoms with Crippen LogP contribution in [-0.2, 0) is 0 Å². The molecule has 2 heteroatoms. The zero-order valence-electron chi connectivity index (χ0n) is 12.2. The van der Waals surface area contributed by atoms with Crippen molar-refractivity contribution in [2.75, 3.05) is 0 Å². The van der Waals surface area contributed by atoms with E-state index in [-0.39, 0.29) is 11.7 Å². The van der Waals surface area contributed by atoms with Crippen molar-refractivity contribution >= 4 is 0 Å². The highest BCUT2D eigenvalue weighted by atomic mass is 19.1. The molecule has 1 saturated carbocycles. The minimum Gasteiger partial charge on any atom is -0.388 e. The predicted molar refractivity (Wildman–Crippen MR) is 76.3 cm³/mol. The Bertz CT molecular complexity index is 414. The third-order valence-electron chi connectivity index (χ3n) is 4.63. The summed E-state index contributed by atoms with van der Waals surface area (Å²) in [6.45, 7) is 6.88. The molecular formula is C17H25FO. The minimum absolute atomic E-state index is 0.264. The lowest BCUT2D eigenvalue weighted by Gasteiger charge is -2.38. The van der Waals surface area contributed by atoms with Crippen molar-refractivity contribution in [3.05, 3.63) is 35.6 Å². The first kappa shape index (κ1) is 14.5. The van der Waals surface area contributed by atoms with Gasteiger partial charge in [-0.2, -0.15) is 0 Å². The van der Waals surface area contributed by atoms with E-state index < -0.39 is 6.10 Å². The van der Waals surface area contributed by atoms with Gasteiger partial charge in [-0.1, -0.05) is 32.9 Å². The Balaban J connectivity index is 1.98. The van der Waals surface area contributed by atoms with Crippen LogP contribution in [0.4, 0.5) is 4.39 Å². The van der Waals surface area contributed by atoms with Gasteiger partial charge in [-0.3, -0.25) is 0 Å². The minimum atomic E-state index is -0.517. The van der Waals surface area contributed by atoms with Gasteiger partial charge in [-0.15, -0.1) is 0 Å². The molecule has 0 saturated heterocycles. The van der Waals surface area contributed by atoms with Gasteiger partial charge in [0.25, 0.3) is 0 Å². The van der Waals surface area contributed by atoms with Crippen LogP contribution in [0.3, 0.4) is 0 Å². The fraction of sp³-hybridized carbons (Fsp3) is 0.647. The van der Waals surface area contributed by atoms with Gasteiger partial charge < -0.3 is 5.11 Å². The molecule has 1 aliphatic carbocycles. The molecule has 0 bridgehead atoms. The number of hydrogen-bond acceptors (Lipinski definition) is 1. The molecule has 1 aliphatic rings. The molecule has 1 unspecified atom stereocenters. The summed E-state index contributed by atoms with van der Waals surface area (Å²) in [7, 11) is 0. The largest absolute Gasteiger partial charge is 0.388 e. The van der Waals surface area contributed by atoms with Gasteiger partial charge in [0.1, 0.15) is 5.82 Å². The van der Waals surface area contributed by atoms with Crippen molar-refractivity contribution in [3.8, 4) is 0 Å². The van der Waals surface area contributed by atoms with Crippen LogP contribution < -0.4 is 0 Å². The molecule has 0 heterocycles. The molecule has 1 N–H and O–H groups in total. The van der Waals surface area contributed by atoms with Crippen molar-refractivity contribution < 1.29 is 9.50 Å². The summed E-state index contributed by atoms with van der Waals surface area (Å²) in [6, 6.07) is 6.38. The van der Waals surface area contributed by atoms with Crippen LogP contribution in [0, 0.1) is 23.1 Å². The number of hydrogen-bond donors (Lipinski definition) is 1. The summed E-state index contributed by atoms with van der Waals surface area (Å²) >= 11 is 0. The van der Waals surface area contributed by atoms with Gasteiger partial charge in [0.15, 0.2) is 0 Å². The topological polar surface area (TPSA) is 20.2 Å². The summed E-state index contributed by atoms with van der Waals surface area (Å²) in [6.07, 6.45) is 3.90. The smallest absolute Gasteiger partial charge is 0.123 e. The Kier molecular flexibility index (Phi) is 4.29. The maximum absolute atomic E-state index is 13.2. The third kappa shape index (κ3) is 3.56. The van der Waals surface area contributed by atoms with Gasteiger partial charge in [-0.25, -0.2) is 4.39 Å². The quantitative estimate of drug-likeness (QED) is 0.820. The Morgan fingerprint density at radius 2 is 1.79 bits per heavy atom. The highest BCUT2D eigenvalue weighted by Gasteiger charge is 2.32. The molecule has 19 heavy (non-hydrogen) atoms. The second-order valence-corrected chi connectivity index (χ2v) is 6.98. The average molecular weight is 264 g/mol. The Morgan fingerprint density at radius 1 is 1.16 bits per heavy atom. The summed E-state index contributed by atoms with van der Waals surface area (Å²) in [5.41, 5.74) is 1.08. The monoisotopic (exact) mass is 264 g/mol. The highest BCUT2D eigenvalue weighted by Crippen LogP contribution is 2.43. The van der Waals surface area contributed by atoms with E-state index in [2.05, 4.69) is 20.8 Å². The summed E-state index contributed by atoms with van der Waals surface area (Å²) in [5, 5.41) is 10.4. The van der Waals surface area contributed by atoms with Crippen LogP contribution in [0.1, 0.15) is 58.1 Å². The molecule has 0 amide bonds. The predicted octanol–water partition coefficient (Wildman–Crippen LogP) is 4.71. The molecule has 1 fully saturated rings. The van der Waals surface area contributed by atoms with E-state index in [0.717, 1.165) is 24.3 Å². The fourth-order valence-electron chi connectivity index (χ4n) is 3.26. The summed E-state index contributed by atoms with van der Waals surface area (Å²) < 4.78 is 13.2. The van der Waals surface area contributed by atoms with Crippen LogP contribution >= 0.6 is 0 Å². The van der Waals surface area contributed by atoms with Gasteiger partial charge in [0.05, 0.1) is 6.10 Å². The van der Waals surface area contributed by atoms with E-state index in [1.54, 1.807) is 6.07 Å². The lowest BCUT2D eigenvalue weighted by atomic mass is 9.68. The Labute approximate surface area is 115 Å². The number of aliphatic hydroxyl groups excluding tert-OH is 1. The van der Waals surface area contributed by atoms with Crippen LogP contribution in [0.2, 0.25) is 0 Å². The highest BCUT2D eigenvalue weighted by molar-refractivity contribution is 5.19. The van der Waals surface area contributed by atoms with E-state index in [1.165, 1.54) is 25.0 Å². The van der Waals surface area contributed by atoms with Crippen molar-refractivity contribution in [2.45, 2.75) is 52.6 Å². The van der Waals surface area contributed by atoms with E-state index in [1.807, 2.05) is 6.07 Å².